The molecule has 0 aliphatic carbocycles. The van der Waals surface area contributed by atoms with Crippen LogP contribution in [0.2, 0.25) is 0 Å². The first-order valence-electron chi connectivity index (χ1n) is 4.83. The van der Waals surface area contributed by atoms with Crippen LogP contribution < -0.4 is 0 Å². The zero-order valence-corrected chi connectivity index (χ0v) is 9.66. The Hall–Kier alpha value is -1.96. The van der Waals surface area contributed by atoms with Gasteiger partial charge in [0, 0.05) is 0 Å². The zero-order valence-electron chi connectivity index (χ0n) is 8.85. The van der Waals surface area contributed by atoms with Crippen molar-refractivity contribution in [2.75, 3.05) is 0 Å². The van der Waals surface area contributed by atoms with Gasteiger partial charge in [0.05, 0.1) is 6.21 Å². The van der Waals surface area contributed by atoms with Gasteiger partial charge in [-0.25, -0.2) is 18.3 Å². The van der Waals surface area contributed by atoms with Gasteiger partial charge in [0.15, 0.2) is 0 Å². The highest BCUT2D eigenvalue weighted by Gasteiger charge is 2.15. The van der Waals surface area contributed by atoms with Crippen molar-refractivity contribution in [2.45, 2.75) is 6.43 Å². The molecule has 0 saturated carbocycles. The highest BCUT2D eigenvalue weighted by molar-refractivity contribution is 7.71. The lowest BCUT2D eigenvalue weighted by Gasteiger charge is -1.98. The molecule has 8 heteroatoms. The highest BCUT2D eigenvalue weighted by Crippen LogP contribution is 2.15. The molecule has 0 unspecified atom stereocenters. The van der Waals surface area contributed by atoms with Crippen LogP contribution in [0.1, 0.15) is 17.8 Å². The molecule has 1 heterocycles. The van der Waals surface area contributed by atoms with Crippen LogP contribution in [0.5, 0.6) is 0 Å². The molecule has 4 nitrogen and oxygen atoms in total. The van der Waals surface area contributed by atoms with Gasteiger partial charge in [-0.15, -0.1) is 0 Å². The maximum Gasteiger partial charge on any atom is 0.299 e. The monoisotopic (exact) mass is 272 g/mol. The van der Waals surface area contributed by atoms with Crippen molar-refractivity contribution in [3.8, 4) is 0 Å². The van der Waals surface area contributed by atoms with Crippen LogP contribution in [0.4, 0.5) is 13.2 Å². The molecular weight excluding hydrogens is 265 g/mol. The molecule has 0 saturated heterocycles. The molecule has 0 fully saturated rings. The Morgan fingerprint density at radius 3 is 2.61 bits per heavy atom. The third-order valence-electron chi connectivity index (χ3n) is 2.06. The second-order valence-corrected chi connectivity index (χ2v) is 3.68. The van der Waals surface area contributed by atoms with Crippen LogP contribution in [-0.4, -0.2) is 21.1 Å². The molecule has 0 spiro atoms. The molecule has 0 aliphatic heterocycles. The Balaban J connectivity index is 2.31. The number of H-pyrrole nitrogens is 1. The van der Waals surface area contributed by atoms with Gasteiger partial charge in [-0.2, -0.15) is 14.9 Å². The normalized spacial score (nSPS) is 11.6. The lowest BCUT2D eigenvalue weighted by molar-refractivity contribution is 0.136. The minimum absolute atomic E-state index is 0.0383. The van der Waals surface area contributed by atoms with Crippen molar-refractivity contribution in [1.82, 2.24) is 14.9 Å². The van der Waals surface area contributed by atoms with Crippen molar-refractivity contribution in [3.63, 3.8) is 0 Å². The number of alkyl halides is 2. The smallest absolute Gasteiger partial charge is 0.250 e. The highest BCUT2D eigenvalue weighted by atomic mass is 32.1. The van der Waals surface area contributed by atoms with Gasteiger partial charge in [0.25, 0.3) is 6.43 Å². The molecule has 0 aliphatic rings. The van der Waals surface area contributed by atoms with E-state index < -0.39 is 12.2 Å². The standard InChI is InChI=1S/C10H7F3N4S/c11-7-3-1-6(2-4-7)5-14-17-9(8(12)13)15-16-10(17)18/h1-5,8H,(H,16,18)/b14-5-. The summed E-state index contributed by atoms with van der Waals surface area (Å²) in [6, 6.07) is 5.41. The molecular formula is C10H7F3N4S. The minimum Gasteiger partial charge on any atom is -0.250 e. The Bertz CT molecular complexity index is 615. The van der Waals surface area contributed by atoms with E-state index in [2.05, 4.69) is 15.3 Å². The summed E-state index contributed by atoms with van der Waals surface area (Å²) in [5.41, 5.74) is 0.555. The van der Waals surface area contributed by atoms with Crippen LogP contribution in [0, 0.1) is 10.6 Å². The molecule has 94 valence electrons. The number of benzene rings is 1. The zero-order chi connectivity index (χ0) is 13.1. The topological polar surface area (TPSA) is 46.0 Å². The third-order valence-corrected chi connectivity index (χ3v) is 2.33. The van der Waals surface area contributed by atoms with Crippen molar-refractivity contribution in [2.24, 2.45) is 5.10 Å². The number of nitrogens with one attached hydrogen (secondary N) is 1. The summed E-state index contributed by atoms with van der Waals surface area (Å²) in [5.74, 6) is -0.960. The van der Waals surface area contributed by atoms with Crippen molar-refractivity contribution in [1.29, 1.82) is 0 Å². The summed E-state index contributed by atoms with van der Waals surface area (Å²) in [5, 5.41) is 9.37. The summed E-state index contributed by atoms with van der Waals surface area (Å²) in [6.45, 7) is 0. The average molecular weight is 272 g/mol. The molecule has 0 radical (unpaired) electrons. The van der Waals surface area contributed by atoms with Gasteiger partial charge >= 0.3 is 0 Å². The van der Waals surface area contributed by atoms with Crippen LogP contribution in [0.3, 0.4) is 0 Å². The van der Waals surface area contributed by atoms with Gasteiger partial charge in [0.1, 0.15) is 5.82 Å². The number of aromatic amines is 1. The second kappa shape index (κ2) is 5.13. The van der Waals surface area contributed by atoms with E-state index in [9.17, 15) is 13.2 Å². The number of aromatic nitrogens is 3. The molecule has 2 rings (SSSR count). The number of rotatable bonds is 3. The van der Waals surface area contributed by atoms with Crippen molar-refractivity contribution in [3.05, 3.63) is 46.2 Å². The quantitative estimate of drug-likeness (QED) is 0.689. The van der Waals surface area contributed by atoms with Gasteiger partial charge in [0.2, 0.25) is 10.6 Å². The van der Waals surface area contributed by atoms with Gasteiger partial charge in [-0.3, -0.25) is 0 Å². The Morgan fingerprint density at radius 2 is 2.00 bits per heavy atom. The first kappa shape index (κ1) is 12.5. The molecule has 18 heavy (non-hydrogen) atoms. The average Bonchev–Trinajstić information content (AvgIpc) is 2.70. The van der Waals surface area contributed by atoms with E-state index in [0.29, 0.717) is 5.56 Å². The molecule has 0 amide bonds. The summed E-state index contributed by atoms with van der Waals surface area (Å²) in [7, 11) is 0. The fraction of sp³-hybridized carbons (Fsp3) is 0.100. The summed E-state index contributed by atoms with van der Waals surface area (Å²) in [4.78, 5) is 0. The summed E-state index contributed by atoms with van der Waals surface area (Å²) < 4.78 is 38.5. The number of halogens is 3. The molecule has 1 aromatic carbocycles. The molecule has 0 bridgehead atoms. The van der Waals surface area contributed by atoms with E-state index in [1.54, 1.807) is 0 Å². The predicted octanol–water partition coefficient (Wildman–Crippen LogP) is 2.90. The number of hydrogen-bond donors (Lipinski definition) is 1. The molecule has 2 aromatic rings. The van der Waals surface area contributed by atoms with Gasteiger partial charge < -0.3 is 0 Å². The fourth-order valence-corrected chi connectivity index (χ4v) is 1.42. The Labute approximate surface area is 105 Å². The SMILES string of the molecule is Fc1ccc(/C=N\n2c(C(F)F)n[nH]c2=S)cc1. The van der Waals surface area contributed by atoms with E-state index in [1.165, 1.54) is 30.5 Å². The van der Waals surface area contributed by atoms with Crippen molar-refractivity contribution >= 4 is 18.4 Å². The van der Waals surface area contributed by atoms with E-state index in [4.69, 9.17) is 12.2 Å². The van der Waals surface area contributed by atoms with Gasteiger partial charge in [-0.05, 0) is 29.9 Å². The van der Waals surface area contributed by atoms with E-state index in [0.717, 1.165) is 4.68 Å². The Morgan fingerprint density at radius 1 is 1.33 bits per heavy atom. The maximum atomic E-state index is 12.7. The molecule has 1 aromatic heterocycles. The van der Waals surface area contributed by atoms with Crippen LogP contribution >= 0.6 is 12.2 Å². The van der Waals surface area contributed by atoms with E-state index in [1.807, 2.05) is 0 Å². The number of nitrogens with zero attached hydrogens (tertiary/aromatic N) is 3. The Kier molecular flexibility index (Phi) is 3.56. The van der Waals surface area contributed by atoms with Crippen LogP contribution in [0.15, 0.2) is 29.4 Å². The summed E-state index contributed by atoms with van der Waals surface area (Å²) >= 11 is 4.77. The first-order valence-corrected chi connectivity index (χ1v) is 5.24. The lowest BCUT2D eigenvalue weighted by Crippen LogP contribution is -1.99. The fourth-order valence-electron chi connectivity index (χ4n) is 1.23. The molecule has 0 atom stereocenters. The first-order chi connectivity index (χ1) is 8.58. The maximum absolute atomic E-state index is 12.7. The van der Waals surface area contributed by atoms with E-state index >= 15 is 0 Å². The van der Waals surface area contributed by atoms with Crippen LogP contribution in [0.25, 0.3) is 0 Å². The lowest BCUT2D eigenvalue weighted by atomic mass is 10.2. The van der Waals surface area contributed by atoms with Crippen LogP contribution in [-0.2, 0) is 0 Å². The molecule has 1 N–H and O–H groups in total. The largest absolute Gasteiger partial charge is 0.299 e. The minimum atomic E-state index is -2.79. The number of hydrogen-bond acceptors (Lipinski definition) is 3. The third kappa shape index (κ3) is 2.65. The van der Waals surface area contributed by atoms with E-state index in [-0.39, 0.29) is 10.6 Å². The second-order valence-electron chi connectivity index (χ2n) is 3.30. The predicted molar refractivity (Wildman–Crippen MR) is 61.8 cm³/mol. The van der Waals surface area contributed by atoms with Crippen molar-refractivity contribution < 1.29 is 13.2 Å². The summed E-state index contributed by atoms with van der Waals surface area (Å²) in [6.07, 6.45) is -1.50. The van der Waals surface area contributed by atoms with Gasteiger partial charge in [-0.1, -0.05) is 12.1 Å².